The van der Waals surface area contributed by atoms with Gasteiger partial charge in [0.1, 0.15) is 0 Å². The summed E-state index contributed by atoms with van der Waals surface area (Å²) < 4.78 is 32.4. The maximum atomic E-state index is 12.1. The minimum absolute atomic E-state index is 0.0141. The summed E-state index contributed by atoms with van der Waals surface area (Å²) in [7, 11) is -1.16. The highest BCUT2D eigenvalue weighted by molar-refractivity contribution is 9.10. The highest BCUT2D eigenvalue weighted by Crippen LogP contribution is 2.30. The summed E-state index contributed by atoms with van der Waals surface area (Å²) >= 11 is 9.09. The normalized spacial score (nSPS) is 11.4. The van der Waals surface area contributed by atoms with Crippen molar-refractivity contribution in [2.75, 3.05) is 25.4 Å². The van der Waals surface area contributed by atoms with E-state index >= 15 is 0 Å². The smallest absolute Gasteiger partial charge is 0.306 e. The Labute approximate surface area is 131 Å². The van der Waals surface area contributed by atoms with Crippen LogP contribution in [0.3, 0.4) is 0 Å². The summed E-state index contributed by atoms with van der Waals surface area (Å²) in [4.78, 5) is 11.0. The predicted octanol–water partition coefficient (Wildman–Crippen LogP) is 2.25. The SMILES string of the molecule is COC(=O)CCN(C)S(=O)(=O)Nc1cccc(Cl)c1Br. The van der Waals surface area contributed by atoms with Crippen molar-refractivity contribution < 1.29 is 17.9 Å². The number of nitrogens with one attached hydrogen (secondary N) is 1. The fraction of sp³-hybridized carbons (Fsp3) is 0.364. The van der Waals surface area contributed by atoms with Crippen LogP contribution in [0.25, 0.3) is 0 Å². The van der Waals surface area contributed by atoms with Crippen LogP contribution in [0.1, 0.15) is 6.42 Å². The molecule has 0 unspecified atom stereocenters. The van der Waals surface area contributed by atoms with Crippen molar-refractivity contribution in [1.82, 2.24) is 4.31 Å². The molecule has 1 rings (SSSR count). The van der Waals surface area contributed by atoms with Gasteiger partial charge in [0, 0.05) is 13.6 Å². The molecule has 0 bridgehead atoms. The molecule has 0 aromatic heterocycles. The quantitative estimate of drug-likeness (QED) is 0.762. The molecule has 0 aliphatic carbocycles. The Balaban J connectivity index is 2.79. The molecule has 6 nitrogen and oxygen atoms in total. The molecule has 0 spiro atoms. The molecule has 0 saturated carbocycles. The van der Waals surface area contributed by atoms with Crippen LogP contribution in [0.4, 0.5) is 5.69 Å². The van der Waals surface area contributed by atoms with Crippen molar-refractivity contribution in [2.24, 2.45) is 0 Å². The topological polar surface area (TPSA) is 75.7 Å². The standard InChI is InChI=1S/C11H14BrClN2O4S/c1-15(7-6-10(16)19-2)20(17,18)14-9-5-3-4-8(13)11(9)12/h3-5,14H,6-7H2,1-2H3. The number of methoxy groups -OCH3 is 1. The van der Waals surface area contributed by atoms with Gasteiger partial charge >= 0.3 is 16.2 Å². The maximum absolute atomic E-state index is 12.1. The summed E-state index contributed by atoms with van der Waals surface area (Å²) in [5.41, 5.74) is 0.322. The van der Waals surface area contributed by atoms with Crippen molar-refractivity contribution in [3.8, 4) is 0 Å². The Bertz CT molecular complexity index is 594. The van der Waals surface area contributed by atoms with Gasteiger partial charge in [0.05, 0.1) is 28.7 Å². The molecule has 0 fully saturated rings. The van der Waals surface area contributed by atoms with Crippen molar-refractivity contribution in [2.45, 2.75) is 6.42 Å². The average Bonchev–Trinajstić information content (AvgIpc) is 2.40. The van der Waals surface area contributed by atoms with Gasteiger partial charge in [-0.25, -0.2) is 0 Å². The third kappa shape index (κ3) is 4.62. The van der Waals surface area contributed by atoms with E-state index in [4.69, 9.17) is 11.6 Å². The Hall–Kier alpha value is -0.830. The van der Waals surface area contributed by atoms with Crippen LogP contribution >= 0.6 is 27.5 Å². The molecule has 1 aromatic carbocycles. The molecule has 0 radical (unpaired) electrons. The molecule has 9 heteroatoms. The van der Waals surface area contributed by atoms with E-state index in [1.807, 2.05) is 0 Å². The van der Waals surface area contributed by atoms with Gasteiger partial charge in [0.15, 0.2) is 0 Å². The fourth-order valence-electron chi connectivity index (χ4n) is 1.27. The first-order valence-electron chi connectivity index (χ1n) is 5.53. The summed E-state index contributed by atoms with van der Waals surface area (Å²) in [6.07, 6.45) is -0.0232. The summed E-state index contributed by atoms with van der Waals surface area (Å²) in [6, 6.07) is 4.82. The molecule has 1 N–H and O–H groups in total. The lowest BCUT2D eigenvalue weighted by Gasteiger charge is -2.18. The van der Waals surface area contributed by atoms with Crippen LogP contribution < -0.4 is 4.72 Å². The lowest BCUT2D eigenvalue weighted by Crippen LogP contribution is -2.34. The van der Waals surface area contributed by atoms with E-state index in [0.29, 0.717) is 15.2 Å². The predicted molar refractivity (Wildman–Crippen MR) is 81.0 cm³/mol. The first kappa shape index (κ1) is 17.2. The van der Waals surface area contributed by atoms with Gasteiger partial charge in [-0.05, 0) is 28.1 Å². The van der Waals surface area contributed by atoms with E-state index in [0.717, 1.165) is 4.31 Å². The van der Waals surface area contributed by atoms with Crippen LogP contribution in [0, 0.1) is 0 Å². The molecule has 0 amide bonds. The number of hydrogen-bond donors (Lipinski definition) is 1. The van der Waals surface area contributed by atoms with Crippen LogP contribution in [-0.4, -0.2) is 39.4 Å². The van der Waals surface area contributed by atoms with Crippen LogP contribution in [0.15, 0.2) is 22.7 Å². The van der Waals surface area contributed by atoms with Gasteiger partial charge in [-0.1, -0.05) is 17.7 Å². The highest BCUT2D eigenvalue weighted by atomic mass is 79.9. The second-order valence-electron chi connectivity index (χ2n) is 3.86. The molecular formula is C11H14BrClN2O4S. The van der Waals surface area contributed by atoms with E-state index in [-0.39, 0.29) is 13.0 Å². The Kier molecular flexibility index (Phi) is 6.25. The molecule has 0 aliphatic rings. The van der Waals surface area contributed by atoms with E-state index in [2.05, 4.69) is 25.4 Å². The van der Waals surface area contributed by atoms with Crippen molar-refractivity contribution in [1.29, 1.82) is 0 Å². The van der Waals surface area contributed by atoms with Gasteiger partial charge in [0.25, 0.3) is 0 Å². The highest BCUT2D eigenvalue weighted by Gasteiger charge is 2.20. The number of carbonyl (C=O) groups excluding carboxylic acids is 1. The summed E-state index contributed by atoms with van der Waals surface area (Å²) in [6.45, 7) is 0.0141. The zero-order valence-electron chi connectivity index (χ0n) is 10.9. The number of esters is 1. The Morgan fingerprint density at radius 3 is 2.75 bits per heavy atom. The number of nitrogens with zero attached hydrogens (tertiary/aromatic N) is 1. The van der Waals surface area contributed by atoms with Gasteiger partial charge in [0.2, 0.25) is 0 Å². The van der Waals surface area contributed by atoms with Crippen molar-refractivity contribution >= 4 is 49.4 Å². The minimum Gasteiger partial charge on any atom is -0.469 e. The molecular weight excluding hydrogens is 372 g/mol. The molecule has 1 aromatic rings. The Morgan fingerprint density at radius 1 is 1.50 bits per heavy atom. The van der Waals surface area contributed by atoms with Crippen LogP contribution in [0.2, 0.25) is 5.02 Å². The van der Waals surface area contributed by atoms with E-state index in [1.54, 1.807) is 18.2 Å². The summed E-state index contributed by atoms with van der Waals surface area (Å²) in [5.74, 6) is -0.476. The number of rotatable bonds is 6. The van der Waals surface area contributed by atoms with Gasteiger partial charge in [-0.3, -0.25) is 9.52 Å². The van der Waals surface area contributed by atoms with Crippen LogP contribution in [-0.2, 0) is 19.7 Å². The minimum atomic E-state index is -3.77. The van der Waals surface area contributed by atoms with Crippen LogP contribution in [0.5, 0.6) is 0 Å². The number of anilines is 1. The molecule has 0 saturated heterocycles. The number of halogens is 2. The fourth-order valence-corrected chi connectivity index (χ4v) is 2.88. The molecule has 112 valence electrons. The van der Waals surface area contributed by atoms with E-state index in [1.165, 1.54) is 14.2 Å². The third-order valence-corrected chi connectivity index (χ3v) is 5.34. The monoisotopic (exact) mass is 384 g/mol. The first-order valence-corrected chi connectivity index (χ1v) is 8.14. The van der Waals surface area contributed by atoms with Crippen molar-refractivity contribution in [3.05, 3.63) is 27.7 Å². The zero-order chi connectivity index (χ0) is 15.3. The average molecular weight is 386 g/mol. The van der Waals surface area contributed by atoms with Gasteiger partial charge < -0.3 is 4.74 Å². The largest absolute Gasteiger partial charge is 0.469 e. The molecule has 0 atom stereocenters. The zero-order valence-corrected chi connectivity index (χ0v) is 14.0. The van der Waals surface area contributed by atoms with Crippen molar-refractivity contribution in [3.63, 3.8) is 0 Å². The summed E-state index contributed by atoms with van der Waals surface area (Å²) in [5, 5.41) is 0.391. The lowest BCUT2D eigenvalue weighted by atomic mass is 10.3. The number of carbonyl (C=O) groups is 1. The Morgan fingerprint density at radius 2 is 2.15 bits per heavy atom. The van der Waals surface area contributed by atoms with Gasteiger partial charge in [-0.15, -0.1) is 0 Å². The second kappa shape index (κ2) is 7.26. The first-order chi connectivity index (χ1) is 9.27. The number of ether oxygens (including phenoxy) is 1. The molecule has 20 heavy (non-hydrogen) atoms. The van der Waals surface area contributed by atoms with Gasteiger partial charge in [-0.2, -0.15) is 12.7 Å². The number of hydrogen-bond acceptors (Lipinski definition) is 4. The van der Waals surface area contributed by atoms with E-state index < -0.39 is 16.2 Å². The molecule has 0 heterocycles. The number of benzene rings is 1. The second-order valence-corrected chi connectivity index (χ2v) is 6.83. The molecule has 0 aliphatic heterocycles. The lowest BCUT2D eigenvalue weighted by molar-refractivity contribution is -0.140. The van der Waals surface area contributed by atoms with E-state index in [9.17, 15) is 13.2 Å². The third-order valence-electron chi connectivity index (χ3n) is 2.46. The maximum Gasteiger partial charge on any atom is 0.306 e.